The second kappa shape index (κ2) is 8.75. The molecule has 3 rings (SSSR count). The summed E-state index contributed by atoms with van der Waals surface area (Å²) >= 11 is 5.79. The van der Waals surface area contributed by atoms with Crippen molar-refractivity contribution in [1.82, 2.24) is 10.1 Å². The molecule has 3 aromatic rings. The molecule has 1 N–H and O–H groups in total. The van der Waals surface area contributed by atoms with Crippen LogP contribution in [0.5, 0.6) is 0 Å². The molecule has 152 valence electrons. The summed E-state index contributed by atoms with van der Waals surface area (Å²) in [5, 5.41) is 7.04. The highest BCUT2D eigenvalue weighted by atomic mass is 35.5. The third-order valence-corrected chi connectivity index (χ3v) is 6.19. The maximum Gasteiger partial charge on any atom is 0.227 e. The smallest absolute Gasteiger partial charge is 0.227 e. The first-order chi connectivity index (χ1) is 13.7. The average molecular weight is 434 g/mol. The van der Waals surface area contributed by atoms with E-state index in [0.29, 0.717) is 5.02 Å². The van der Waals surface area contributed by atoms with Crippen LogP contribution in [0.4, 0.5) is 5.69 Å². The Morgan fingerprint density at radius 2 is 1.76 bits per heavy atom. The summed E-state index contributed by atoms with van der Waals surface area (Å²) in [4.78, 5) is 16.4. The zero-order valence-corrected chi connectivity index (χ0v) is 17.5. The van der Waals surface area contributed by atoms with Gasteiger partial charge in [-0.15, -0.1) is 0 Å². The first-order valence-corrected chi connectivity index (χ1v) is 10.9. The highest BCUT2D eigenvalue weighted by Gasteiger charge is 2.20. The van der Waals surface area contributed by atoms with E-state index >= 15 is 0 Å². The summed E-state index contributed by atoms with van der Waals surface area (Å²) in [7, 11) is -3.62. The quantitative estimate of drug-likeness (QED) is 0.606. The summed E-state index contributed by atoms with van der Waals surface area (Å²) in [5.41, 5.74) is 2.74. The normalized spacial score (nSPS) is 11.4. The van der Waals surface area contributed by atoms with Crippen molar-refractivity contribution < 1.29 is 17.7 Å². The number of hydrogen-bond acceptors (Lipinski definition) is 6. The number of anilines is 1. The molecule has 1 amide bonds. The number of hydrogen-bond donors (Lipinski definition) is 1. The Labute approximate surface area is 174 Å². The average Bonchev–Trinajstić information content (AvgIpc) is 3.10. The lowest BCUT2D eigenvalue weighted by Crippen LogP contribution is -2.14. The molecule has 0 aliphatic carbocycles. The second-order valence-electron chi connectivity index (χ2n) is 6.63. The fourth-order valence-corrected chi connectivity index (χ4v) is 4.08. The molecule has 0 aliphatic heterocycles. The van der Waals surface area contributed by atoms with Crippen molar-refractivity contribution >= 4 is 33.0 Å². The molecule has 0 aliphatic rings. The van der Waals surface area contributed by atoms with Crippen molar-refractivity contribution in [2.75, 3.05) is 5.32 Å². The van der Waals surface area contributed by atoms with Crippen LogP contribution in [0.25, 0.3) is 0 Å². The standard InChI is InChI=1S/C20H20ClN3O4S/c1-13-4-3-5-14(2)20(13)23-18(25)10-11-19-22-17(24-28-19)12-29(26,27)16-8-6-15(21)7-9-16/h3-9H,10-12H2,1-2H3,(H,23,25). The molecule has 1 heterocycles. The number of benzene rings is 2. The van der Waals surface area contributed by atoms with E-state index in [9.17, 15) is 13.2 Å². The van der Waals surface area contributed by atoms with Crippen LogP contribution < -0.4 is 5.32 Å². The summed E-state index contributed by atoms with van der Waals surface area (Å²) in [6.07, 6.45) is 0.351. The van der Waals surface area contributed by atoms with E-state index in [1.165, 1.54) is 24.3 Å². The number of carbonyl (C=O) groups is 1. The van der Waals surface area contributed by atoms with Gasteiger partial charge in [-0.25, -0.2) is 8.42 Å². The van der Waals surface area contributed by atoms with E-state index in [0.717, 1.165) is 16.8 Å². The van der Waals surface area contributed by atoms with Gasteiger partial charge in [0, 0.05) is 23.6 Å². The first kappa shape index (κ1) is 21.0. The zero-order chi connectivity index (χ0) is 21.0. The zero-order valence-electron chi connectivity index (χ0n) is 16.0. The number of nitrogens with zero attached hydrogens (tertiary/aromatic N) is 2. The third-order valence-electron chi connectivity index (χ3n) is 4.31. The van der Waals surface area contributed by atoms with Gasteiger partial charge in [-0.05, 0) is 49.2 Å². The summed E-state index contributed by atoms with van der Waals surface area (Å²) < 4.78 is 29.9. The minimum Gasteiger partial charge on any atom is -0.339 e. The van der Waals surface area contributed by atoms with Crippen LogP contribution in [0.2, 0.25) is 5.02 Å². The van der Waals surface area contributed by atoms with Crippen molar-refractivity contribution in [2.45, 2.75) is 37.3 Å². The first-order valence-electron chi connectivity index (χ1n) is 8.90. The molecule has 1 aromatic heterocycles. The predicted molar refractivity (Wildman–Crippen MR) is 110 cm³/mol. The van der Waals surface area contributed by atoms with Gasteiger partial charge in [0.25, 0.3) is 0 Å². The number of nitrogens with one attached hydrogen (secondary N) is 1. The number of amides is 1. The lowest BCUT2D eigenvalue weighted by Gasteiger charge is -2.10. The Hall–Kier alpha value is -2.71. The van der Waals surface area contributed by atoms with Gasteiger partial charge in [-0.2, -0.15) is 4.98 Å². The molecule has 0 unspecified atom stereocenters. The maximum atomic E-state index is 12.4. The number of aromatic nitrogens is 2. The SMILES string of the molecule is Cc1cccc(C)c1NC(=O)CCc1nc(CS(=O)(=O)c2ccc(Cl)cc2)no1. The molecule has 2 aromatic carbocycles. The van der Waals surface area contributed by atoms with Crippen LogP contribution in [0.1, 0.15) is 29.3 Å². The molecule has 29 heavy (non-hydrogen) atoms. The van der Waals surface area contributed by atoms with Gasteiger partial charge in [0.15, 0.2) is 15.7 Å². The van der Waals surface area contributed by atoms with Crippen molar-refractivity contribution in [3.8, 4) is 0 Å². The van der Waals surface area contributed by atoms with E-state index < -0.39 is 15.6 Å². The molecular formula is C20H20ClN3O4S. The van der Waals surface area contributed by atoms with Crippen LogP contribution >= 0.6 is 11.6 Å². The van der Waals surface area contributed by atoms with E-state index in [1.54, 1.807) is 0 Å². The van der Waals surface area contributed by atoms with Crippen molar-refractivity contribution in [3.05, 3.63) is 70.3 Å². The highest BCUT2D eigenvalue weighted by Crippen LogP contribution is 2.20. The van der Waals surface area contributed by atoms with Crippen LogP contribution in [-0.2, 0) is 26.8 Å². The molecule has 0 saturated carbocycles. The highest BCUT2D eigenvalue weighted by molar-refractivity contribution is 7.90. The number of rotatable bonds is 7. The number of carbonyl (C=O) groups excluding carboxylic acids is 1. The Bertz CT molecular complexity index is 1100. The lowest BCUT2D eigenvalue weighted by atomic mass is 10.1. The van der Waals surface area contributed by atoms with Gasteiger partial charge in [-0.1, -0.05) is 35.0 Å². The Balaban J connectivity index is 1.59. The van der Waals surface area contributed by atoms with E-state index in [-0.39, 0.29) is 35.4 Å². The van der Waals surface area contributed by atoms with Crippen molar-refractivity contribution in [2.24, 2.45) is 0 Å². The minimum absolute atomic E-state index is 0.0464. The predicted octanol–water partition coefficient (Wildman–Crippen LogP) is 3.89. The summed E-state index contributed by atoms with van der Waals surface area (Å²) in [5.74, 6) is -0.323. The second-order valence-corrected chi connectivity index (χ2v) is 9.06. The van der Waals surface area contributed by atoms with Gasteiger partial charge in [0.2, 0.25) is 11.8 Å². The lowest BCUT2D eigenvalue weighted by molar-refractivity contribution is -0.116. The summed E-state index contributed by atoms with van der Waals surface area (Å²) in [6, 6.07) is 11.6. The Morgan fingerprint density at radius 3 is 2.41 bits per heavy atom. The van der Waals surface area contributed by atoms with E-state index in [1.807, 2.05) is 32.0 Å². The van der Waals surface area contributed by atoms with Crippen molar-refractivity contribution in [3.63, 3.8) is 0 Å². The van der Waals surface area contributed by atoms with Crippen molar-refractivity contribution in [1.29, 1.82) is 0 Å². The van der Waals surface area contributed by atoms with Gasteiger partial charge in [0.1, 0.15) is 5.75 Å². The molecule has 0 saturated heterocycles. The largest absolute Gasteiger partial charge is 0.339 e. The van der Waals surface area contributed by atoms with Crippen LogP contribution in [0, 0.1) is 13.8 Å². The van der Waals surface area contributed by atoms with Crippen LogP contribution in [-0.4, -0.2) is 24.5 Å². The van der Waals surface area contributed by atoms with E-state index in [4.69, 9.17) is 16.1 Å². The molecule has 0 atom stereocenters. The molecular weight excluding hydrogens is 414 g/mol. The fraction of sp³-hybridized carbons (Fsp3) is 0.250. The number of aryl methyl sites for hydroxylation is 3. The molecule has 9 heteroatoms. The minimum atomic E-state index is -3.62. The topological polar surface area (TPSA) is 102 Å². The van der Waals surface area contributed by atoms with Gasteiger partial charge in [-0.3, -0.25) is 4.79 Å². The van der Waals surface area contributed by atoms with E-state index in [2.05, 4.69) is 15.5 Å². The van der Waals surface area contributed by atoms with Gasteiger partial charge in [0.05, 0.1) is 4.90 Å². The number of halogens is 1. The number of para-hydroxylation sites is 1. The number of sulfone groups is 1. The Kier molecular flexibility index (Phi) is 6.34. The van der Waals surface area contributed by atoms with Gasteiger partial charge < -0.3 is 9.84 Å². The summed E-state index contributed by atoms with van der Waals surface area (Å²) in [6.45, 7) is 3.85. The van der Waals surface area contributed by atoms with Crippen LogP contribution in [0.15, 0.2) is 51.9 Å². The molecule has 7 nitrogen and oxygen atoms in total. The maximum absolute atomic E-state index is 12.4. The fourth-order valence-electron chi connectivity index (χ4n) is 2.78. The molecule has 0 bridgehead atoms. The van der Waals surface area contributed by atoms with Gasteiger partial charge >= 0.3 is 0 Å². The Morgan fingerprint density at radius 1 is 1.10 bits per heavy atom. The molecule has 0 fully saturated rings. The third kappa shape index (κ3) is 5.42. The monoisotopic (exact) mass is 433 g/mol. The van der Waals surface area contributed by atoms with Crippen LogP contribution in [0.3, 0.4) is 0 Å². The molecule has 0 radical (unpaired) electrons. The molecule has 0 spiro atoms.